The zero-order valence-electron chi connectivity index (χ0n) is 15.3. The van der Waals surface area contributed by atoms with Gasteiger partial charge in [0.15, 0.2) is 17.2 Å². The van der Waals surface area contributed by atoms with Crippen molar-refractivity contribution in [2.75, 3.05) is 12.4 Å². The Bertz CT molecular complexity index is 1010. The number of rotatable bonds is 7. The van der Waals surface area contributed by atoms with E-state index in [0.717, 1.165) is 5.56 Å². The number of phenolic OH excluding ortho intramolecular Hbond substituents is 1. The Labute approximate surface area is 182 Å². The molecule has 3 aromatic carbocycles. The Morgan fingerprint density at radius 3 is 2.34 bits per heavy atom. The number of benzene rings is 3. The van der Waals surface area contributed by atoms with Crippen molar-refractivity contribution in [1.82, 2.24) is 0 Å². The molecular weight excluding hydrogens is 440 g/mol. The van der Waals surface area contributed by atoms with Gasteiger partial charge in [0.1, 0.15) is 12.4 Å². The van der Waals surface area contributed by atoms with Crippen molar-refractivity contribution < 1.29 is 19.0 Å². The molecular formula is C21H17Cl3FNO3. The lowest BCUT2D eigenvalue weighted by Gasteiger charge is -2.17. The maximum Gasteiger partial charge on any atom is 0.166 e. The number of halogens is 4. The van der Waals surface area contributed by atoms with Gasteiger partial charge in [0.05, 0.1) is 22.2 Å². The molecule has 0 aliphatic carbocycles. The van der Waals surface area contributed by atoms with E-state index in [-0.39, 0.29) is 27.4 Å². The van der Waals surface area contributed by atoms with E-state index >= 15 is 0 Å². The highest BCUT2D eigenvalue weighted by Crippen LogP contribution is 2.36. The molecule has 2 N–H and O–H groups in total. The summed E-state index contributed by atoms with van der Waals surface area (Å²) in [4.78, 5) is 0. The molecule has 0 spiro atoms. The second-order valence-electron chi connectivity index (χ2n) is 6.11. The van der Waals surface area contributed by atoms with Crippen molar-refractivity contribution in [2.24, 2.45) is 0 Å². The average molecular weight is 457 g/mol. The maximum absolute atomic E-state index is 13.2. The van der Waals surface area contributed by atoms with Gasteiger partial charge in [0.25, 0.3) is 0 Å². The van der Waals surface area contributed by atoms with E-state index in [1.165, 1.54) is 12.1 Å². The molecule has 0 bridgehead atoms. The smallest absolute Gasteiger partial charge is 0.166 e. The minimum Gasteiger partial charge on any atom is -0.505 e. The molecule has 8 heteroatoms. The molecule has 4 nitrogen and oxygen atoms in total. The van der Waals surface area contributed by atoms with Crippen LogP contribution < -0.4 is 14.8 Å². The van der Waals surface area contributed by atoms with Gasteiger partial charge in [-0.3, -0.25) is 0 Å². The fraction of sp³-hybridized carbons (Fsp3) is 0.143. The molecule has 29 heavy (non-hydrogen) atoms. The van der Waals surface area contributed by atoms with E-state index in [9.17, 15) is 9.50 Å². The van der Waals surface area contributed by atoms with Gasteiger partial charge in [-0.15, -0.1) is 0 Å². The number of hydrogen-bond acceptors (Lipinski definition) is 4. The average Bonchev–Trinajstić information content (AvgIpc) is 2.69. The number of nitrogens with one attached hydrogen (secondary N) is 1. The molecule has 0 aliphatic rings. The molecule has 3 aromatic rings. The van der Waals surface area contributed by atoms with E-state index in [1.54, 1.807) is 31.4 Å². The summed E-state index contributed by atoms with van der Waals surface area (Å²) in [6, 6.07) is 12.8. The first-order valence-corrected chi connectivity index (χ1v) is 9.67. The van der Waals surface area contributed by atoms with E-state index in [1.807, 2.05) is 12.1 Å². The third kappa shape index (κ3) is 5.18. The summed E-state index contributed by atoms with van der Waals surface area (Å²) in [6.07, 6.45) is 0. The summed E-state index contributed by atoms with van der Waals surface area (Å²) in [6.45, 7) is 0.518. The molecule has 0 heterocycles. The molecule has 0 amide bonds. The highest BCUT2D eigenvalue weighted by atomic mass is 35.5. The summed E-state index contributed by atoms with van der Waals surface area (Å²) < 4.78 is 24.6. The van der Waals surface area contributed by atoms with Crippen LogP contribution in [-0.4, -0.2) is 12.2 Å². The topological polar surface area (TPSA) is 50.7 Å². The number of phenols is 1. The minimum atomic E-state index is -0.410. The Morgan fingerprint density at radius 1 is 0.966 bits per heavy atom. The van der Waals surface area contributed by atoms with Crippen LogP contribution in [0.4, 0.5) is 10.1 Å². The van der Waals surface area contributed by atoms with Gasteiger partial charge in [0, 0.05) is 23.4 Å². The monoisotopic (exact) mass is 455 g/mol. The van der Waals surface area contributed by atoms with Crippen molar-refractivity contribution in [3.05, 3.63) is 80.5 Å². The summed E-state index contributed by atoms with van der Waals surface area (Å²) in [7, 11) is 1.55. The summed E-state index contributed by atoms with van der Waals surface area (Å²) in [5.74, 6) is 0.496. The second-order valence-corrected chi connectivity index (χ2v) is 7.34. The molecule has 0 radical (unpaired) electrons. The first kappa shape index (κ1) is 21.4. The Balaban J connectivity index is 1.80. The summed E-state index contributed by atoms with van der Waals surface area (Å²) in [5, 5.41) is 13.4. The third-order valence-corrected chi connectivity index (χ3v) is 5.10. The molecule has 152 valence electrons. The standard InChI is InChI=1S/C21H17Cl3FNO3/c1-28-19-4-2-3-12(10-26-15-8-17(23)20(27)18(24)9-15)21(19)29-11-13-5-6-14(25)7-16(13)22/h2-9,26-27H,10-11H2,1H3. The van der Waals surface area contributed by atoms with Crippen LogP contribution in [0.5, 0.6) is 17.2 Å². The van der Waals surface area contributed by atoms with Gasteiger partial charge >= 0.3 is 0 Å². The molecule has 0 unspecified atom stereocenters. The van der Waals surface area contributed by atoms with Crippen LogP contribution in [0.25, 0.3) is 0 Å². The number of ether oxygens (including phenoxy) is 2. The third-order valence-electron chi connectivity index (χ3n) is 4.17. The first-order chi connectivity index (χ1) is 13.9. The van der Waals surface area contributed by atoms with Crippen molar-refractivity contribution in [2.45, 2.75) is 13.2 Å². The van der Waals surface area contributed by atoms with Crippen molar-refractivity contribution >= 4 is 40.5 Å². The van der Waals surface area contributed by atoms with Crippen LogP contribution >= 0.6 is 34.8 Å². The minimum absolute atomic E-state index is 0.142. The van der Waals surface area contributed by atoms with E-state index in [0.29, 0.717) is 29.3 Å². The van der Waals surface area contributed by atoms with E-state index in [4.69, 9.17) is 44.3 Å². The largest absolute Gasteiger partial charge is 0.505 e. The van der Waals surface area contributed by atoms with Crippen LogP contribution in [0.15, 0.2) is 48.5 Å². The Morgan fingerprint density at radius 2 is 1.69 bits per heavy atom. The lowest BCUT2D eigenvalue weighted by Crippen LogP contribution is -2.05. The fourth-order valence-corrected chi connectivity index (χ4v) is 3.39. The molecule has 0 saturated heterocycles. The maximum atomic E-state index is 13.2. The number of anilines is 1. The van der Waals surface area contributed by atoms with Gasteiger partial charge in [-0.1, -0.05) is 53.0 Å². The zero-order chi connectivity index (χ0) is 21.0. The summed E-state index contributed by atoms with van der Waals surface area (Å²) in [5.41, 5.74) is 2.09. The van der Waals surface area contributed by atoms with Crippen molar-refractivity contribution in [1.29, 1.82) is 0 Å². The predicted molar refractivity (Wildman–Crippen MR) is 114 cm³/mol. The Hall–Kier alpha value is -2.34. The second kappa shape index (κ2) is 9.44. The lowest BCUT2D eigenvalue weighted by molar-refractivity contribution is 0.281. The number of aromatic hydroxyl groups is 1. The fourth-order valence-electron chi connectivity index (χ4n) is 2.68. The van der Waals surface area contributed by atoms with Crippen molar-refractivity contribution in [3.8, 4) is 17.2 Å². The van der Waals surface area contributed by atoms with Gasteiger partial charge in [-0.2, -0.15) is 0 Å². The molecule has 3 rings (SSSR count). The van der Waals surface area contributed by atoms with Crippen LogP contribution in [-0.2, 0) is 13.2 Å². The van der Waals surface area contributed by atoms with Crippen LogP contribution in [0, 0.1) is 5.82 Å². The molecule has 0 aromatic heterocycles. The molecule has 0 fully saturated rings. The first-order valence-electron chi connectivity index (χ1n) is 8.53. The van der Waals surface area contributed by atoms with Crippen LogP contribution in [0.2, 0.25) is 15.1 Å². The molecule has 0 aliphatic heterocycles. The van der Waals surface area contributed by atoms with Gasteiger partial charge in [0.2, 0.25) is 0 Å². The van der Waals surface area contributed by atoms with Crippen LogP contribution in [0.1, 0.15) is 11.1 Å². The van der Waals surface area contributed by atoms with Gasteiger partial charge in [-0.25, -0.2) is 4.39 Å². The predicted octanol–water partition coefficient (Wildman–Crippen LogP) is 6.69. The van der Waals surface area contributed by atoms with Crippen molar-refractivity contribution in [3.63, 3.8) is 0 Å². The quantitative estimate of drug-likeness (QED) is 0.389. The SMILES string of the molecule is COc1cccc(CNc2cc(Cl)c(O)c(Cl)c2)c1OCc1ccc(F)cc1Cl. The summed E-state index contributed by atoms with van der Waals surface area (Å²) >= 11 is 18.0. The zero-order valence-corrected chi connectivity index (χ0v) is 17.6. The van der Waals surface area contributed by atoms with E-state index in [2.05, 4.69) is 5.32 Å². The Kier molecular flexibility index (Phi) is 6.96. The highest BCUT2D eigenvalue weighted by molar-refractivity contribution is 6.37. The normalized spacial score (nSPS) is 10.7. The van der Waals surface area contributed by atoms with Gasteiger partial charge < -0.3 is 19.9 Å². The molecule has 0 saturated carbocycles. The van der Waals surface area contributed by atoms with Crippen LogP contribution in [0.3, 0.4) is 0 Å². The highest BCUT2D eigenvalue weighted by Gasteiger charge is 2.13. The van der Waals surface area contributed by atoms with Gasteiger partial charge in [-0.05, 0) is 30.3 Å². The number of methoxy groups -OCH3 is 1. The molecule has 0 atom stereocenters. The van der Waals surface area contributed by atoms with E-state index < -0.39 is 5.82 Å². The lowest BCUT2D eigenvalue weighted by atomic mass is 10.1. The number of para-hydroxylation sites is 1. The number of hydrogen-bond donors (Lipinski definition) is 2.